The first kappa shape index (κ1) is 16.4. The van der Waals surface area contributed by atoms with Gasteiger partial charge in [-0.3, -0.25) is 5.41 Å². The molecule has 24 heavy (non-hydrogen) atoms. The number of benzene rings is 2. The Morgan fingerprint density at radius 2 is 1.67 bits per heavy atom. The zero-order valence-corrected chi connectivity index (χ0v) is 13.5. The topological polar surface area (TPSA) is 47.4 Å². The highest BCUT2D eigenvalue weighted by atomic mass is 35.5. The lowest BCUT2D eigenvalue weighted by Gasteiger charge is -2.44. The van der Waals surface area contributed by atoms with E-state index in [1.807, 2.05) is 0 Å². The summed E-state index contributed by atoms with van der Waals surface area (Å²) in [5.41, 5.74) is 0.450. The number of alkyl halides is 2. The molecule has 7 heteroatoms. The van der Waals surface area contributed by atoms with E-state index < -0.39 is 23.8 Å². The van der Waals surface area contributed by atoms with Crippen LogP contribution >= 0.6 is 11.6 Å². The van der Waals surface area contributed by atoms with Crippen molar-refractivity contribution in [2.75, 3.05) is 11.9 Å². The Bertz CT molecular complexity index is 780. The fraction of sp³-hybridized carbons (Fsp3) is 0.176. The van der Waals surface area contributed by atoms with Crippen molar-refractivity contribution >= 4 is 29.2 Å². The number of carbonyl (C=O) groups excluding carboxylic acids is 1. The Hall–Kier alpha value is -2.47. The predicted molar refractivity (Wildman–Crippen MR) is 88.9 cm³/mol. The predicted octanol–water partition coefficient (Wildman–Crippen LogP) is 4.57. The monoisotopic (exact) mass is 349 g/mol. The van der Waals surface area contributed by atoms with Gasteiger partial charge in [-0.25, -0.2) is 9.69 Å². The molecule has 0 aromatic heterocycles. The first-order valence-corrected chi connectivity index (χ1v) is 7.56. The average Bonchev–Trinajstić information content (AvgIpc) is 2.56. The van der Waals surface area contributed by atoms with Crippen LogP contribution in [0, 0.1) is 5.41 Å². The van der Waals surface area contributed by atoms with Gasteiger partial charge in [-0.05, 0) is 29.8 Å². The largest absolute Gasteiger partial charge is 0.330 e. The van der Waals surface area contributed by atoms with Crippen LogP contribution in [0.4, 0.5) is 19.3 Å². The zero-order valence-electron chi connectivity index (χ0n) is 12.7. The summed E-state index contributed by atoms with van der Waals surface area (Å²) in [6.45, 7) is 0. The molecule has 124 valence electrons. The lowest BCUT2D eigenvalue weighted by molar-refractivity contribution is -0.0126. The van der Waals surface area contributed by atoms with Crippen LogP contribution in [-0.2, 0) is 0 Å². The van der Waals surface area contributed by atoms with Gasteiger partial charge < -0.3 is 4.90 Å². The van der Waals surface area contributed by atoms with Crippen molar-refractivity contribution in [3.63, 3.8) is 0 Å². The van der Waals surface area contributed by atoms with E-state index in [1.54, 1.807) is 18.2 Å². The SMILES string of the molecule is CN1C(=O)N(c2ccc(Cl)cc2)C(=N)C(F)(F)C1c1ccccc1. The van der Waals surface area contributed by atoms with Gasteiger partial charge in [-0.2, -0.15) is 8.78 Å². The number of nitrogens with one attached hydrogen (secondary N) is 1. The van der Waals surface area contributed by atoms with E-state index in [0.29, 0.717) is 9.92 Å². The number of carbonyl (C=O) groups is 1. The minimum Gasteiger partial charge on any atom is -0.313 e. The highest BCUT2D eigenvalue weighted by Crippen LogP contribution is 2.42. The molecule has 0 radical (unpaired) electrons. The second-order valence-corrected chi connectivity index (χ2v) is 5.93. The number of amides is 2. The summed E-state index contributed by atoms with van der Waals surface area (Å²) in [7, 11) is 1.31. The fourth-order valence-electron chi connectivity index (χ4n) is 2.78. The summed E-state index contributed by atoms with van der Waals surface area (Å²) < 4.78 is 29.8. The van der Waals surface area contributed by atoms with Crippen LogP contribution in [0.2, 0.25) is 5.02 Å². The normalized spacial score (nSPS) is 20.4. The van der Waals surface area contributed by atoms with Crippen LogP contribution in [0.3, 0.4) is 0 Å². The molecule has 2 aromatic rings. The molecular weight excluding hydrogens is 336 g/mol. The molecule has 4 nitrogen and oxygen atoms in total. The Kier molecular flexibility index (Phi) is 4.01. The number of nitrogens with zero attached hydrogens (tertiary/aromatic N) is 2. The first-order valence-electron chi connectivity index (χ1n) is 7.18. The second-order valence-electron chi connectivity index (χ2n) is 5.49. The number of rotatable bonds is 2. The van der Waals surface area contributed by atoms with Crippen molar-refractivity contribution in [3.8, 4) is 0 Å². The van der Waals surface area contributed by atoms with Crippen molar-refractivity contribution in [2.24, 2.45) is 0 Å². The average molecular weight is 350 g/mol. The minimum atomic E-state index is -3.54. The van der Waals surface area contributed by atoms with Gasteiger partial charge in [0.05, 0.1) is 5.69 Å². The molecule has 1 unspecified atom stereocenters. The third-order valence-electron chi connectivity index (χ3n) is 3.96. The van der Waals surface area contributed by atoms with Crippen molar-refractivity contribution in [1.82, 2.24) is 4.90 Å². The number of hydrogen-bond acceptors (Lipinski definition) is 2. The molecule has 0 aliphatic carbocycles. The first-order chi connectivity index (χ1) is 11.3. The standard InChI is InChI=1S/C17H14ClF2N3O/c1-22-14(11-5-3-2-4-6-11)17(19,20)15(21)23(16(22)24)13-9-7-12(18)8-10-13/h2-10,14,21H,1H3. The number of hydrogen-bond donors (Lipinski definition) is 1. The van der Waals surface area contributed by atoms with Crippen LogP contribution in [0.25, 0.3) is 0 Å². The smallest absolute Gasteiger partial charge is 0.313 e. The molecule has 1 aliphatic heterocycles. The van der Waals surface area contributed by atoms with Crippen LogP contribution in [0.1, 0.15) is 11.6 Å². The fourth-order valence-corrected chi connectivity index (χ4v) is 2.91. The van der Waals surface area contributed by atoms with Gasteiger partial charge in [0.15, 0.2) is 5.84 Å². The maximum atomic E-state index is 14.9. The maximum absolute atomic E-state index is 14.9. The van der Waals surface area contributed by atoms with Gasteiger partial charge in [0.2, 0.25) is 0 Å². The maximum Gasteiger partial charge on any atom is 0.330 e. The molecule has 1 N–H and O–H groups in total. The Labute approximate surface area is 142 Å². The lowest BCUT2D eigenvalue weighted by atomic mass is 9.95. The van der Waals surface area contributed by atoms with Crippen molar-refractivity contribution in [1.29, 1.82) is 5.41 Å². The van der Waals surface area contributed by atoms with Crippen LogP contribution < -0.4 is 4.90 Å². The van der Waals surface area contributed by atoms with Gasteiger partial charge in [-0.1, -0.05) is 41.9 Å². The van der Waals surface area contributed by atoms with E-state index in [9.17, 15) is 13.6 Å². The Balaban J connectivity index is 2.06. The summed E-state index contributed by atoms with van der Waals surface area (Å²) in [6, 6.07) is 11.6. The summed E-state index contributed by atoms with van der Waals surface area (Å²) in [5.74, 6) is -4.59. The van der Waals surface area contributed by atoms with Crippen molar-refractivity contribution < 1.29 is 13.6 Å². The molecule has 1 atom stereocenters. The van der Waals surface area contributed by atoms with E-state index in [2.05, 4.69) is 0 Å². The van der Waals surface area contributed by atoms with E-state index in [0.717, 1.165) is 4.90 Å². The van der Waals surface area contributed by atoms with Gasteiger partial charge in [-0.15, -0.1) is 0 Å². The van der Waals surface area contributed by atoms with E-state index in [4.69, 9.17) is 17.0 Å². The van der Waals surface area contributed by atoms with Crippen LogP contribution in [0.15, 0.2) is 54.6 Å². The van der Waals surface area contributed by atoms with Gasteiger partial charge >= 0.3 is 12.0 Å². The van der Waals surface area contributed by atoms with E-state index in [1.165, 1.54) is 43.4 Å². The van der Waals surface area contributed by atoms with Gasteiger partial charge in [0.1, 0.15) is 6.04 Å². The summed E-state index contributed by atoms with van der Waals surface area (Å²) in [5, 5.41) is 8.35. The highest BCUT2D eigenvalue weighted by Gasteiger charge is 2.56. The summed E-state index contributed by atoms with van der Waals surface area (Å²) in [6.07, 6.45) is 0. The third kappa shape index (κ3) is 2.53. The summed E-state index contributed by atoms with van der Waals surface area (Å²) >= 11 is 5.80. The molecule has 0 saturated carbocycles. The van der Waals surface area contributed by atoms with Crippen molar-refractivity contribution in [2.45, 2.75) is 12.0 Å². The molecule has 1 saturated heterocycles. The lowest BCUT2D eigenvalue weighted by Crippen LogP contribution is -2.62. The minimum absolute atomic E-state index is 0.174. The second kappa shape index (κ2) is 5.87. The van der Waals surface area contributed by atoms with Gasteiger partial charge in [0, 0.05) is 12.1 Å². The number of halogens is 3. The zero-order chi connectivity index (χ0) is 17.5. The molecule has 0 spiro atoms. The molecule has 1 aliphatic rings. The molecule has 3 rings (SSSR count). The molecule has 1 fully saturated rings. The van der Waals surface area contributed by atoms with E-state index in [-0.39, 0.29) is 11.3 Å². The quantitative estimate of drug-likeness (QED) is 0.848. The summed E-state index contributed by atoms with van der Waals surface area (Å²) in [4.78, 5) is 14.3. The Morgan fingerprint density at radius 1 is 1.08 bits per heavy atom. The highest BCUT2D eigenvalue weighted by molar-refractivity contribution is 6.30. The van der Waals surface area contributed by atoms with Crippen LogP contribution in [-0.4, -0.2) is 29.7 Å². The molecule has 1 heterocycles. The van der Waals surface area contributed by atoms with Crippen LogP contribution in [0.5, 0.6) is 0 Å². The van der Waals surface area contributed by atoms with Crippen molar-refractivity contribution in [3.05, 3.63) is 65.2 Å². The molecule has 0 bridgehead atoms. The van der Waals surface area contributed by atoms with Gasteiger partial charge in [0.25, 0.3) is 0 Å². The van der Waals surface area contributed by atoms with E-state index >= 15 is 0 Å². The molecular formula is C17H14ClF2N3O. The number of anilines is 1. The molecule has 2 amide bonds. The Morgan fingerprint density at radius 3 is 2.25 bits per heavy atom. The number of urea groups is 1. The number of amidine groups is 1. The molecule has 2 aromatic carbocycles. The third-order valence-corrected chi connectivity index (χ3v) is 4.22.